The number of unbranched alkanes of at least 4 members (excludes halogenated alkanes) is 4. The summed E-state index contributed by atoms with van der Waals surface area (Å²) in [5, 5.41) is 0. The molecule has 0 saturated heterocycles. The molecule has 0 aliphatic rings. The molecule has 19 heavy (non-hydrogen) atoms. The number of esters is 2. The van der Waals surface area contributed by atoms with Gasteiger partial charge in [-0.15, -0.1) is 0 Å². The van der Waals surface area contributed by atoms with E-state index in [2.05, 4.69) is 19.6 Å². The molecular formula is C14H28NO4+. The molecule has 0 amide bonds. The van der Waals surface area contributed by atoms with E-state index in [4.69, 9.17) is 9.47 Å². The Morgan fingerprint density at radius 1 is 0.947 bits per heavy atom. The van der Waals surface area contributed by atoms with Gasteiger partial charge in [0.15, 0.2) is 6.04 Å². The molecule has 0 fully saturated rings. The molecule has 5 heteroatoms. The first-order valence-electron chi connectivity index (χ1n) is 7.27. The first-order valence-corrected chi connectivity index (χ1v) is 7.27. The van der Waals surface area contributed by atoms with Crippen LogP contribution in [0.2, 0.25) is 0 Å². The van der Waals surface area contributed by atoms with Gasteiger partial charge in [-0.05, 0) is 12.8 Å². The highest BCUT2D eigenvalue weighted by molar-refractivity contribution is 5.81. The fourth-order valence-electron chi connectivity index (χ4n) is 1.52. The Balaban J connectivity index is 3.66. The lowest BCUT2D eigenvalue weighted by molar-refractivity contribution is -0.407. The quantitative estimate of drug-likeness (QED) is 0.457. The number of hydrogen-bond donors (Lipinski definition) is 1. The highest BCUT2D eigenvalue weighted by Crippen LogP contribution is 2.00. The predicted molar refractivity (Wildman–Crippen MR) is 72.3 cm³/mol. The van der Waals surface area contributed by atoms with Crippen LogP contribution >= 0.6 is 0 Å². The van der Waals surface area contributed by atoms with E-state index in [1.54, 1.807) is 0 Å². The van der Waals surface area contributed by atoms with Crippen molar-refractivity contribution in [2.24, 2.45) is 0 Å². The molecule has 0 aromatic rings. The standard InChI is InChI=1S/C14H27NO4/c1-3-5-7-9-18-13(16)11-12(15)14(17)19-10-8-6-4-2/h12H,3-11,15H2,1-2H3/p+1/t12-/m0/s1. The molecular weight excluding hydrogens is 246 g/mol. The van der Waals surface area contributed by atoms with Gasteiger partial charge >= 0.3 is 11.9 Å². The number of hydrogen-bond acceptors (Lipinski definition) is 4. The van der Waals surface area contributed by atoms with Crippen molar-refractivity contribution in [3.8, 4) is 0 Å². The summed E-state index contributed by atoms with van der Waals surface area (Å²) in [6.45, 7) is 5.00. The summed E-state index contributed by atoms with van der Waals surface area (Å²) >= 11 is 0. The minimum Gasteiger partial charge on any atom is -0.465 e. The molecule has 112 valence electrons. The fraction of sp³-hybridized carbons (Fsp3) is 0.857. The van der Waals surface area contributed by atoms with Gasteiger partial charge in [0.25, 0.3) is 0 Å². The van der Waals surface area contributed by atoms with Crippen molar-refractivity contribution in [1.29, 1.82) is 0 Å². The molecule has 0 rings (SSSR count). The maximum absolute atomic E-state index is 11.5. The van der Waals surface area contributed by atoms with Gasteiger partial charge < -0.3 is 15.2 Å². The summed E-state index contributed by atoms with van der Waals surface area (Å²) < 4.78 is 10.1. The van der Waals surface area contributed by atoms with Crippen molar-refractivity contribution in [1.82, 2.24) is 0 Å². The monoisotopic (exact) mass is 274 g/mol. The zero-order chi connectivity index (χ0) is 14.5. The van der Waals surface area contributed by atoms with Gasteiger partial charge in [0.05, 0.1) is 13.2 Å². The lowest BCUT2D eigenvalue weighted by atomic mass is 10.2. The van der Waals surface area contributed by atoms with E-state index in [-0.39, 0.29) is 12.4 Å². The molecule has 5 nitrogen and oxygen atoms in total. The molecule has 0 radical (unpaired) electrons. The minimum atomic E-state index is -0.666. The molecule has 0 aliphatic heterocycles. The maximum Gasteiger partial charge on any atom is 0.365 e. The van der Waals surface area contributed by atoms with E-state index in [0.29, 0.717) is 13.2 Å². The summed E-state index contributed by atoms with van der Waals surface area (Å²) in [7, 11) is 0. The van der Waals surface area contributed by atoms with Crippen molar-refractivity contribution in [2.45, 2.75) is 64.8 Å². The Bertz CT molecular complexity index is 256. The van der Waals surface area contributed by atoms with Crippen LogP contribution in [0.5, 0.6) is 0 Å². The summed E-state index contributed by atoms with van der Waals surface area (Å²) in [6, 6.07) is -0.666. The highest BCUT2D eigenvalue weighted by atomic mass is 16.5. The average Bonchev–Trinajstić information content (AvgIpc) is 2.39. The Labute approximate surface area is 115 Å². The second-order valence-corrected chi connectivity index (χ2v) is 4.70. The van der Waals surface area contributed by atoms with E-state index in [9.17, 15) is 9.59 Å². The summed E-state index contributed by atoms with van der Waals surface area (Å²) in [5.74, 6) is -0.789. The molecule has 0 aliphatic carbocycles. The Kier molecular flexibility index (Phi) is 11.3. The fourth-order valence-corrected chi connectivity index (χ4v) is 1.52. The summed E-state index contributed by atoms with van der Waals surface area (Å²) in [4.78, 5) is 23.0. The number of rotatable bonds is 11. The van der Waals surface area contributed by atoms with Crippen LogP contribution in [0.4, 0.5) is 0 Å². The molecule has 1 atom stereocenters. The highest BCUT2D eigenvalue weighted by Gasteiger charge is 2.23. The van der Waals surface area contributed by atoms with E-state index in [0.717, 1.165) is 38.5 Å². The van der Waals surface area contributed by atoms with E-state index < -0.39 is 12.0 Å². The number of quaternary nitrogens is 1. The van der Waals surface area contributed by atoms with Gasteiger partial charge in [-0.1, -0.05) is 39.5 Å². The van der Waals surface area contributed by atoms with Crippen LogP contribution in [0.25, 0.3) is 0 Å². The van der Waals surface area contributed by atoms with Gasteiger partial charge in [-0.2, -0.15) is 0 Å². The van der Waals surface area contributed by atoms with E-state index >= 15 is 0 Å². The molecule has 0 heterocycles. The summed E-state index contributed by atoms with van der Waals surface area (Å²) in [6.07, 6.45) is 5.96. The minimum absolute atomic E-state index is 0.00125. The van der Waals surface area contributed by atoms with E-state index in [1.165, 1.54) is 0 Å². The third-order valence-corrected chi connectivity index (χ3v) is 2.75. The van der Waals surface area contributed by atoms with Gasteiger partial charge in [0.2, 0.25) is 0 Å². The molecule has 0 aromatic heterocycles. The second-order valence-electron chi connectivity index (χ2n) is 4.70. The topological polar surface area (TPSA) is 80.2 Å². The first-order chi connectivity index (χ1) is 9.11. The normalized spacial score (nSPS) is 11.9. The van der Waals surface area contributed by atoms with Crippen LogP contribution in [0.3, 0.4) is 0 Å². The first kappa shape index (κ1) is 17.9. The largest absolute Gasteiger partial charge is 0.465 e. The van der Waals surface area contributed by atoms with Gasteiger partial charge in [-0.25, -0.2) is 4.79 Å². The van der Waals surface area contributed by atoms with Crippen LogP contribution in [0, 0.1) is 0 Å². The van der Waals surface area contributed by atoms with Gasteiger partial charge in [-0.3, -0.25) is 4.79 Å². The molecule has 3 N–H and O–H groups in total. The Morgan fingerprint density at radius 2 is 1.47 bits per heavy atom. The molecule has 0 spiro atoms. The average molecular weight is 274 g/mol. The van der Waals surface area contributed by atoms with Crippen molar-refractivity contribution >= 4 is 11.9 Å². The SMILES string of the molecule is CCCCCOC(=O)C[C@H]([NH3+])C(=O)OCCCCC. The van der Waals surface area contributed by atoms with Crippen LogP contribution in [0.1, 0.15) is 58.8 Å². The molecule has 0 bridgehead atoms. The van der Waals surface area contributed by atoms with Crippen molar-refractivity contribution < 1.29 is 24.8 Å². The molecule has 0 unspecified atom stereocenters. The molecule has 0 aromatic carbocycles. The van der Waals surface area contributed by atoms with Crippen LogP contribution in [0.15, 0.2) is 0 Å². The van der Waals surface area contributed by atoms with Crippen molar-refractivity contribution in [2.75, 3.05) is 13.2 Å². The van der Waals surface area contributed by atoms with Crippen LogP contribution < -0.4 is 5.73 Å². The number of carbonyl (C=O) groups is 2. The Hall–Kier alpha value is -1.10. The third-order valence-electron chi connectivity index (χ3n) is 2.75. The Morgan fingerprint density at radius 3 is 2.00 bits per heavy atom. The molecule has 0 saturated carbocycles. The van der Waals surface area contributed by atoms with Crippen molar-refractivity contribution in [3.63, 3.8) is 0 Å². The van der Waals surface area contributed by atoms with E-state index in [1.807, 2.05) is 0 Å². The lowest BCUT2D eigenvalue weighted by Gasteiger charge is -2.09. The maximum atomic E-state index is 11.5. The van der Waals surface area contributed by atoms with Crippen LogP contribution in [-0.2, 0) is 19.1 Å². The zero-order valence-electron chi connectivity index (χ0n) is 12.3. The summed E-state index contributed by atoms with van der Waals surface area (Å²) in [5.41, 5.74) is 3.65. The smallest absolute Gasteiger partial charge is 0.365 e. The second kappa shape index (κ2) is 12.0. The third kappa shape index (κ3) is 10.5. The van der Waals surface area contributed by atoms with Crippen molar-refractivity contribution in [3.05, 3.63) is 0 Å². The van der Waals surface area contributed by atoms with Crippen LogP contribution in [-0.4, -0.2) is 31.2 Å². The lowest BCUT2D eigenvalue weighted by Crippen LogP contribution is -2.66. The predicted octanol–water partition coefficient (Wildman–Crippen LogP) is 1.45. The number of ether oxygens (including phenoxy) is 2. The van der Waals surface area contributed by atoms with Gasteiger partial charge in [0, 0.05) is 0 Å². The zero-order valence-corrected chi connectivity index (χ0v) is 12.3. The number of carbonyl (C=O) groups excluding carboxylic acids is 2. The van der Waals surface area contributed by atoms with Gasteiger partial charge in [0.1, 0.15) is 6.42 Å².